The maximum atomic E-state index is 12.8. The normalized spacial score (nSPS) is 25.9. The van der Waals surface area contributed by atoms with E-state index in [2.05, 4.69) is 0 Å². The predicted octanol–water partition coefficient (Wildman–Crippen LogP) is 2.90. The van der Waals surface area contributed by atoms with Crippen LogP contribution in [0.1, 0.15) is 58.8 Å². The Labute approximate surface area is 113 Å². The molecule has 1 saturated heterocycles. The molecule has 0 amide bonds. The topological polar surface area (TPSA) is 34.1 Å². The van der Waals surface area contributed by atoms with Crippen molar-refractivity contribution in [3.05, 3.63) is 0 Å². The lowest BCUT2D eigenvalue weighted by Gasteiger charge is -2.29. The number of rotatable bonds is 4. The number of ketones is 2. The molecule has 2 nitrogen and oxygen atoms in total. The Morgan fingerprint density at radius 2 is 1.56 bits per heavy atom. The number of Topliss-reactive ketones (excluding diaryl/α,β-unsaturated/α-hetero) is 2. The van der Waals surface area contributed by atoms with Gasteiger partial charge < -0.3 is 0 Å². The average molecular weight is 269 g/mol. The molecule has 2 fully saturated rings. The summed E-state index contributed by atoms with van der Waals surface area (Å²) in [5, 5.41) is 0. The lowest BCUT2D eigenvalue weighted by Crippen LogP contribution is -2.53. The van der Waals surface area contributed by atoms with Crippen molar-refractivity contribution in [2.75, 3.05) is 11.5 Å². The molecule has 0 spiro atoms. The van der Waals surface area contributed by atoms with Gasteiger partial charge in [0, 0.05) is 30.7 Å². The molecule has 0 radical (unpaired) electrons. The van der Waals surface area contributed by atoms with E-state index in [1.165, 1.54) is 19.3 Å². The standard InChI is InChI=1S/C15H25O2S/c1-12(16)15(2,18-10-6-7-11-18)14(17)13-8-4-3-5-9-13/h13H,3-11H2,1-2H3/q+1. The molecule has 1 heterocycles. The quantitative estimate of drug-likeness (QED) is 0.581. The van der Waals surface area contributed by atoms with Crippen molar-refractivity contribution >= 4 is 22.5 Å². The zero-order valence-corrected chi connectivity index (χ0v) is 12.5. The van der Waals surface area contributed by atoms with Gasteiger partial charge in [-0.1, -0.05) is 19.3 Å². The van der Waals surface area contributed by atoms with Crippen LogP contribution in [0.3, 0.4) is 0 Å². The van der Waals surface area contributed by atoms with Crippen molar-refractivity contribution in [2.24, 2.45) is 5.92 Å². The summed E-state index contributed by atoms with van der Waals surface area (Å²) in [5.41, 5.74) is 0. The molecule has 1 atom stereocenters. The first-order valence-electron chi connectivity index (χ1n) is 7.29. The summed E-state index contributed by atoms with van der Waals surface area (Å²) < 4.78 is -0.654. The predicted molar refractivity (Wildman–Crippen MR) is 77.0 cm³/mol. The van der Waals surface area contributed by atoms with Crippen LogP contribution in [-0.2, 0) is 20.5 Å². The number of hydrogen-bond acceptors (Lipinski definition) is 2. The van der Waals surface area contributed by atoms with Crippen LogP contribution in [0.2, 0.25) is 0 Å². The van der Waals surface area contributed by atoms with E-state index in [9.17, 15) is 9.59 Å². The van der Waals surface area contributed by atoms with E-state index in [1.807, 2.05) is 6.92 Å². The fraction of sp³-hybridized carbons (Fsp3) is 0.867. The summed E-state index contributed by atoms with van der Waals surface area (Å²) >= 11 is 0. The molecule has 0 aromatic rings. The largest absolute Gasteiger partial charge is 0.294 e. The van der Waals surface area contributed by atoms with Crippen LogP contribution in [0.15, 0.2) is 0 Å². The average Bonchev–Trinajstić information content (AvgIpc) is 2.92. The van der Waals surface area contributed by atoms with Gasteiger partial charge in [0.1, 0.15) is 11.5 Å². The molecule has 2 aliphatic rings. The first kappa shape index (κ1) is 14.1. The molecular formula is C15H25O2S+. The van der Waals surface area contributed by atoms with Gasteiger partial charge in [-0.05, 0) is 25.7 Å². The van der Waals surface area contributed by atoms with E-state index in [-0.39, 0.29) is 28.4 Å². The number of carbonyl (C=O) groups excluding carboxylic acids is 2. The van der Waals surface area contributed by atoms with Crippen LogP contribution in [0.5, 0.6) is 0 Å². The zero-order valence-electron chi connectivity index (χ0n) is 11.7. The highest BCUT2D eigenvalue weighted by Gasteiger charge is 2.56. The first-order valence-corrected chi connectivity index (χ1v) is 8.86. The van der Waals surface area contributed by atoms with Crippen LogP contribution in [0.4, 0.5) is 0 Å². The molecule has 0 aromatic carbocycles. The lowest BCUT2D eigenvalue weighted by atomic mass is 9.81. The van der Waals surface area contributed by atoms with E-state index in [0.29, 0.717) is 0 Å². The summed E-state index contributed by atoms with van der Waals surface area (Å²) in [6, 6.07) is 0. The van der Waals surface area contributed by atoms with Gasteiger partial charge in [-0.3, -0.25) is 9.59 Å². The van der Waals surface area contributed by atoms with Crippen molar-refractivity contribution in [3.63, 3.8) is 0 Å². The SMILES string of the molecule is CC(=O)C(C)(C(=O)C1CCCCC1)[S+]1CCCC1. The maximum Gasteiger partial charge on any atom is 0.240 e. The van der Waals surface area contributed by atoms with Gasteiger partial charge in [0.25, 0.3) is 0 Å². The van der Waals surface area contributed by atoms with Gasteiger partial charge in [-0.15, -0.1) is 0 Å². The van der Waals surface area contributed by atoms with Gasteiger partial charge in [0.15, 0.2) is 11.6 Å². The van der Waals surface area contributed by atoms with E-state index in [0.717, 1.165) is 37.2 Å². The van der Waals surface area contributed by atoms with Crippen molar-refractivity contribution in [2.45, 2.75) is 63.5 Å². The molecule has 0 N–H and O–H groups in total. The van der Waals surface area contributed by atoms with E-state index in [1.54, 1.807) is 6.92 Å². The van der Waals surface area contributed by atoms with Gasteiger partial charge in [-0.25, -0.2) is 0 Å². The second-order valence-corrected chi connectivity index (χ2v) is 8.52. The summed E-state index contributed by atoms with van der Waals surface area (Å²) in [6.07, 6.45) is 8.01. The molecule has 0 bridgehead atoms. The zero-order chi connectivity index (χ0) is 13.2. The van der Waals surface area contributed by atoms with Gasteiger partial charge in [0.2, 0.25) is 4.75 Å². The fourth-order valence-electron chi connectivity index (χ4n) is 3.34. The van der Waals surface area contributed by atoms with Crippen molar-refractivity contribution < 1.29 is 9.59 Å². The number of hydrogen-bond donors (Lipinski definition) is 0. The molecule has 1 saturated carbocycles. The molecule has 18 heavy (non-hydrogen) atoms. The lowest BCUT2D eigenvalue weighted by molar-refractivity contribution is -0.132. The minimum Gasteiger partial charge on any atom is -0.294 e. The minimum atomic E-state index is -0.654. The molecule has 2 rings (SSSR count). The van der Waals surface area contributed by atoms with E-state index in [4.69, 9.17) is 0 Å². The van der Waals surface area contributed by atoms with E-state index >= 15 is 0 Å². The third-order valence-corrected chi connectivity index (χ3v) is 7.93. The molecule has 0 aromatic heterocycles. The minimum absolute atomic E-state index is 0.00837. The highest BCUT2D eigenvalue weighted by Crippen LogP contribution is 2.36. The molecular weight excluding hydrogens is 244 g/mol. The third-order valence-electron chi connectivity index (χ3n) is 4.73. The number of carbonyl (C=O) groups is 2. The second kappa shape index (κ2) is 5.77. The Morgan fingerprint density at radius 1 is 1.00 bits per heavy atom. The molecule has 102 valence electrons. The first-order chi connectivity index (χ1) is 8.56. The highest BCUT2D eigenvalue weighted by molar-refractivity contribution is 7.99. The smallest absolute Gasteiger partial charge is 0.240 e. The Balaban J connectivity index is 2.17. The van der Waals surface area contributed by atoms with Gasteiger partial charge in [-0.2, -0.15) is 0 Å². The summed E-state index contributed by atoms with van der Waals surface area (Å²) in [7, 11) is 0.00837. The fourth-order valence-corrected chi connectivity index (χ4v) is 6.32. The van der Waals surface area contributed by atoms with Crippen LogP contribution in [0.25, 0.3) is 0 Å². The third kappa shape index (κ3) is 2.52. The van der Waals surface area contributed by atoms with Crippen LogP contribution < -0.4 is 0 Å². The van der Waals surface area contributed by atoms with Crippen LogP contribution in [0, 0.1) is 5.92 Å². The molecule has 1 aliphatic carbocycles. The van der Waals surface area contributed by atoms with Crippen molar-refractivity contribution in [1.82, 2.24) is 0 Å². The van der Waals surface area contributed by atoms with Crippen LogP contribution >= 0.6 is 0 Å². The summed E-state index contributed by atoms with van der Waals surface area (Å²) in [6.45, 7) is 3.58. The van der Waals surface area contributed by atoms with E-state index < -0.39 is 4.75 Å². The maximum absolute atomic E-state index is 12.8. The van der Waals surface area contributed by atoms with Gasteiger partial charge >= 0.3 is 0 Å². The van der Waals surface area contributed by atoms with Crippen molar-refractivity contribution in [1.29, 1.82) is 0 Å². The summed E-state index contributed by atoms with van der Waals surface area (Å²) in [5.74, 6) is 2.74. The monoisotopic (exact) mass is 269 g/mol. The van der Waals surface area contributed by atoms with Gasteiger partial charge in [0.05, 0.1) is 0 Å². The van der Waals surface area contributed by atoms with Crippen LogP contribution in [-0.4, -0.2) is 27.8 Å². The Morgan fingerprint density at radius 3 is 2.06 bits per heavy atom. The Hall–Kier alpha value is -0.310. The molecule has 3 heteroatoms. The highest BCUT2D eigenvalue weighted by atomic mass is 32.2. The Bertz CT molecular complexity index is 327. The van der Waals surface area contributed by atoms with Crippen molar-refractivity contribution in [3.8, 4) is 0 Å². The molecule has 1 aliphatic heterocycles. The Kier molecular flexibility index (Phi) is 4.52. The molecule has 1 unspecified atom stereocenters. The second-order valence-electron chi connectivity index (χ2n) is 5.90. The summed E-state index contributed by atoms with van der Waals surface area (Å²) in [4.78, 5) is 25.0.